The minimum Gasteiger partial charge on any atom is -0.374 e. The van der Waals surface area contributed by atoms with E-state index >= 15 is 0 Å². The monoisotopic (exact) mass is 404 g/mol. The van der Waals surface area contributed by atoms with Gasteiger partial charge in [-0.25, -0.2) is 0 Å². The van der Waals surface area contributed by atoms with E-state index in [9.17, 15) is 4.79 Å². The summed E-state index contributed by atoms with van der Waals surface area (Å²) in [6.07, 6.45) is 1.93. The van der Waals surface area contributed by atoms with Gasteiger partial charge in [-0.1, -0.05) is 65.7 Å². The van der Waals surface area contributed by atoms with Gasteiger partial charge in [0, 0.05) is 22.5 Å². The van der Waals surface area contributed by atoms with Gasteiger partial charge in [-0.2, -0.15) is 0 Å². The summed E-state index contributed by atoms with van der Waals surface area (Å²) in [6, 6.07) is 5.48. The van der Waals surface area contributed by atoms with Crippen molar-refractivity contribution in [3.05, 3.63) is 33.8 Å². The molecule has 9 heteroatoms. The van der Waals surface area contributed by atoms with Gasteiger partial charge in [0.1, 0.15) is 0 Å². The molecule has 1 amide bonds. The van der Waals surface area contributed by atoms with E-state index in [1.165, 1.54) is 23.1 Å². The highest BCUT2D eigenvalue weighted by Gasteiger charge is 2.16. The number of nitrogens with one attached hydrogen (secondary N) is 1. The standard InChI is InChI=1S/C15H18Cl2N4OS2/c1-2-3-9(11-5-4-10(16)6-12(11)17)7-19-13(22)8-23-15-21-20-14(18)24-15/h4-6,9H,2-3,7-8H2,1H3,(H2,18,20)(H,19,22). The molecule has 0 aliphatic rings. The molecule has 2 rings (SSSR count). The van der Waals surface area contributed by atoms with Gasteiger partial charge in [0.25, 0.3) is 0 Å². The van der Waals surface area contributed by atoms with Crippen molar-refractivity contribution in [2.24, 2.45) is 0 Å². The predicted molar refractivity (Wildman–Crippen MR) is 102 cm³/mol. The van der Waals surface area contributed by atoms with E-state index in [2.05, 4.69) is 22.4 Å². The van der Waals surface area contributed by atoms with E-state index < -0.39 is 0 Å². The zero-order valence-electron chi connectivity index (χ0n) is 13.1. The number of nitrogen functional groups attached to an aromatic ring is 1. The number of aromatic nitrogens is 2. The summed E-state index contributed by atoms with van der Waals surface area (Å²) in [5.74, 6) is 0.382. The molecule has 1 heterocycles. The Labute approximate surface area is 159 Å². The normalized spacial score (nSPS) is 12.1. The maximum absolute atomic E-state index is 12.0. The molecule has 130 valence electrons. The Morgan fingerprint density at radius 2 is 2.21 bits per heavy atom. The molecule has 5 nitrogen and oxygen atoms in total. The largest absolute Gasteiger partial charge is 0.374 e. The summed E-state index contributed by atoms with van der Waals surface area (Å²) in [5, 5.41) is 12.2. The zero-order chi connectivity index (χ0) is 17.5. The number of anilines is 1. The van der Waals surface area contributed by atoms with Crippen molar-refractivity contribution in [2.75, 3.05) is 18.0 Å². The van der Waals surface area contributed by atoms with Crippen LogP contribution in [0.2, 0.25) is 10.0 Å². The van der Waals surface area contributed by atoms with Crippen LogP contribution in [-0.2, 0) is 4.79 Å². The smallest absolute Gasteiger partial charge is 0.230 e. The second-order valence-electron chi connectivity index (χ2n) is 5.15. The van der Waals surface area contributed by atoms with Crippen LogP contribution in [0.25, 0.3) is 0 Å². The van der Waals surface area contributed by atoms with E-state index in [-0.39, 0.29) is 17.6 Å². The number of carbonyl (C=O) groups excluding carboxylic acids is 1. The molecule has 1 atom stereocenters. The minimum atomic E-state index is -0.0556. The van der Waals surface area contributed by atoms with Crippen molar-refractivity contribution in [1.29, 1.82) is 0 Å². The second-order valence-corrected chi connectivity index (χ2v) is 8.23. The Bertz CT molecular complexity index is 696. The van der Waals surface area contributed by atoms with Crippen LogP contribution < -0.4 is 11.1 Å². The Morgan fingerprint density at radius 3 is 2.83 bits per heavy atom. The van der Waals surface area contributed by atoms with E-state index in [1.54, 1.807) is 6.07 Å². The molecule has 0 spiro atoms. The Morgan fingerprint density at radius 1 is 1.42 bits per heavy atom. The van der Waals surface area contributed by atoms with Crippen LogP contribution in [0, 0.1) is 0 Å². The molecule has 2 aromatic rings. The molecule has 0 saturated carbocycles. The van der Waals surface area contributed by atoms with Gasteiger partial charge in [-0.05, 0) is 24.1 Å². The van der Waals surface area contributed by atoms with Crippen LogP contribution in [0.4, 0.5) is 5.13 Å². The molecule has 0 aliphatic carbocycles. The fourth-order valence-corrected chi connectivity index (χ4v) is 4.27. The summed E-state index contributed by atoms with van der Waals surface area (Å²) in [7, 11) is 0. The first-order valence-electron chi connectivity index (χ1n) is 7.43. The predicted octanol–water partition coefficient (Wildman–Crippen LogP) is 4.22. The molecular formula is C15H18Cl2N4OS2. The van der Waals surface area contributed by atoms with Gasteiger partial charge in [0.15, 0.2) is 4.34 Å². The minimum absolute atomic E-state index is 0.0556. The van der Waals surface area contributed by atoms with Crippen LogP contribution in [0.15, 0.2) is 22.5 Å². The summed E-state index contributed by atoms with van der Waals surface area (Å²) in [4.78, 5) is 12.0. The molecule has 24 heavy (non-hydrogen) atoms. The van der Waals surface area contributed by atoms with Crippen molar-refractivity contribution >= 4 is 57.3 Å². The van der Waals surface area contributed by atoms with Crippen molar-refractivity contribution < 1.29 is 4.79 Å². The van der Waals surface area contributed by atoms with Crippen molar-refractivity contribution in [1.82, 2.24) is 15.5 Å². The molecule has 0 bridgehead atoms. The van der Waals surface area contributed by atoms with Gasteiger partial charge >= 0.3 is 0 Å². The van der Waals surface area contributed by atoms with Crippen LogP contribution in [0.1, 0.15) is 31.2 Å². The number of benzene rings is 1. The maximum atomic E-state index is 12.0. The van der Waals surface area contributed by atoms with Gasteiger partial charge < -0.3 is 11.1 Å². The van der Waals surface area contributed by atoms with Crippen molar-refractivity contribution in [3.8, 4) is 0 Å². The summed E-state index contributed by atoms with van der Waals surface area (Å²) in [6.45, 7) is 2.64. The molecule has 0 fully saturated rings. The molecule has 0 saturated heterocycles. The summed E-state index contributed by atoms with van der Waals surface area (Å²) >= 11 is 14.8. The number of amides is 1. The first-order chi connectivity index (χ1) is 11.5. The second kappa shape index (κ2) is 9.46. The lowest BCUT2D eigenvalue weighted by atomic mass is 9.94. The quantitative estimate of drug-likeness (QED) is 0.643. The summed E-state index contributed by atoms with van der Waals surface area (Å²) < 4.78 is 0.688. The average molecular weight is 405 g/mol. The lowest BCUT2D eigenvalue weighted by molar-refractivity contribution is -0.118. The van der Waals surface area contributed by atoms with Gasteiger partial charge in [0.05, 0.1) is 5.75 Å². The third-order valence-electron chi connectivity index (χ3n) is 3.33. The number of hydrogen-bond acceptors (Lipinski definition) is 6. The molecule has 3 N–H and O–H groups in total. The van der Waals surface area contributed by atoms with E-state index in [1.807, 2.05) is 12.1 Å². The van der Waals surface area contributed by atoms with Crippen LogP contribution in [0.5, 0.6) is 0 Å². The molecular weight excluding hydrogens is 387 g/mol. The number of nitrogens with zero attached hydrogens (tertiary/aromatic N) is 2. The highest BCUT2D eigenvalue weighted by atomic mass is 35.5. The molecule has 1 unspecified atom stereocenters. The number of thioether (sulfide) groups is 1. The third kappa shape index (κ3) is 5.81. The lowest BCUT2D eigenvalue weighted by Gasteiger charge is -2.19. The number of hydrogen-bond donors (Lipinski definition) is 2. The highest BCUT2D eigenvalue weighted by molar-refractivity contribution is 8.01. The van der Waals surface area contributed by atoms with Crippen LogP contribution in [-0.4, -0.2) is 28.4 Å². The number of nitrogens with two attached hydrogens (primary N) is 1. The van der Waals surface area contributed by atoms with Gasteiger partial charge in [0.2, 0.25) is 11.0 Å². The molecule has 0 aliphatic heterocycles. The Hall–Kier alpha value is -1.02. The van der Waals surface area contributed by atoms with E-state index in [0.717, 1.165) is 18.4 Å². The molecule has 1 aromatic carbocycles. The number of rotatable bonds is 8. The maximum Gasteiger partial charge on any atom is 0.230 e. The molecule has 1 aromatic heterocycles. The first-order valence-corrected chi connectivity index (χ1v) is 9.98. The average Bonchev–Trinajstić information content (AvgIpc) is 2.95. The van der Waals surface area contributed by atoms with Crippen LogP contribution in [0.3, 0.4) is 0 Å². The van der Waals surface area contributed by atoms with Gasteiger partial charge in [-0.3, -0.25) is 4.79 Å². The SMILES string of the molecule is CCCC(CNC(=O)CSc1nnc(N)s1)c1ccc(Cl)cc1Cl. The first kappa shape index (κ1) is 19.3. The Kier molecular flexibility index (Phi) is 7.61. The van der Waals surface area contributed by atoms with E-state index in [4.69, 9.17) is 28.9 Å². The summed E-state index contributed by atoms with van der Waals surface area (Å²) in [5.41, 5.74) is 6.52. The van der Waals surface area contributed by atoms with E-state index in [0.29, 0.717) is 26.1 Å². The van der Waals surface area contributed by atoms with Crippen molar-refractivity contribution in [3.63, 3.8) is 0 Å². The fraction of sp³-hybridized carbons (Fsp3) is 0.400. The molecule has 0 radical (unpaired) electrons. The van der Waals surface area contributed by atoms with Crippen molar-refractivity contribution in [2.45, 2.75) is 30.0 Å². The fourth-order valence-electron chi connectivity index (χ4n) is 2.24. The topological polar surface area (TPSA) is 80.9 Å². The van der Waals surface area contributed by atoms with Crippen LogP contribution >= 0.6 is 46.3 Å². The number of carbonyl (C=O) groups is 1. The van der Waals surface area contributed by atoms with Gasteiger partial charge in [-0.15, -0.1) is 10.2 Å². The highest BCUT2D eigenvalue weighted by Crippen LogP contribution is 2.30. The zero-order valence-corrected chi connectivity index (χ0v) is 16.2. The number of halogens is 2. The Balaban J connectivity index is 1.89. The lowest BCUT2D eigenvalue weighted by Crippen LogP contribution is -2.30. The third-order valence-corrected chi connectivity index (χ3v) is 5.78.